The Kier molecular flexibility index (Phi) is 4.24. The third kappa shape index (κ3) is 2.69. The molecular formula is C20H19ClN4O. The number of benzene rings is 2. The molecule has 4 rings (SSSR count). The van der Waals surface area contributed by atoms with Crippen molar-refractivity contribution in [1.82, 2.24) is 14.8 Å². The van der Waals surface area contributed by atoms with E-state index >= 15 is 0 Å². The maximum atomic E-state index is 13.1. The zero-order chi connectivity index (χ0) is 18.3. The monoisotopic (exact) mass is 366 g/mol. The van der Waals surface area contributed by atoms with Gasteiger partial charge in [-0.3, -0.25) is 4.79 Å². The fourth-order valence-electron chi connectivity index (χ4n) is 3.41. The smallest absolute Gasteiger partial charge is 0.297 e. The molecule has 0 bridgehead atoms. The number of hydrogen-bond acceptors (Lipinski definition) is 3. The quantitative estimate of drug-likeness (QED) is 0.696. The lowest BCUT2D eigenvalue weighted by molar-refractivity contribution is 0.0978. The van der Waals surface area contributed by atoms with Gasteiger partial charge >= 0.3 is 0 Å². The minimum Gasteiger partial charge on any atom is -0.305 e. The molecule has 26 heavy (non-hydrogen) atoms. The summed E-state index contributed by atoms with van der Waals surface area (Å²) in [6, 6.07) is 15.4. The highest BCUT2D eigenvalue weighted by Crippen LogP contribution is 2.36. The summed E-state index contributed by atoms with van der Waals surface area (Å²) in [5, 5.41) is 5.06. The van der Waals surface area contributed by atoms with Crippen molar-refractivity contribution in [3.05, 3.63) is 70.8 Å². The van der Waals surface area contributed by atoms with Crippen molar-refractivity contribution in [2.75, 3.05) is 11.4 Å². The van der Waals surface area contributed by atoms with Crippen LogP contribution in [-0.4, -0.2) is 27.2 Å². The van der Waals surface area contributed by atoms with Crippen molar-refractivity contribution < 1.29 is 4.79 Å². The van der Waals surface area contributed by atoms with Gasteiger partial charge in [-0.25, -0.2) is 9.67 Å². The van der Waals surface area contributed by atoms with Gasteiger partial charge in [-0.1, -0.05) is 55.8 Å². The van der Waals surface area contributed by atoms with Crippen LogP contribution < -0.4 is 4.90 Å². The van der Waals surface area contributed by atoms with Gasteiger partial charge in [-0.2, -0.15) is 0 Å². The number of anilines is 1. The number of carbonyl (C=O) groups is 1. The second-order valence-corrected chi connectivity index (χ2v) is 6.85. The first-order valence-corrected chi connectivity index (χ1v) is 9.09. The van der Waals surface area contributed by atoms with Crippen LogP contribution in [0.3, 0.4) is 0 Å². The van der Waals surface area contributed by atoms with Gasteiger partial charge in [0.15, 0.2) is 0 Å². The normalized spacial score (nSPS) is 16.0. The van der Waals surface area contributed by atoms with Crippen molar-refractivity contribution in [3.8, 4) is 5.69 Å². The van der Waals surface area contributed by atoms with Crippen LogP contribution in [0.2, 0.25) is 5.02 Å². The zero-order valence-corrected chi connectivity index (χ0v) is 15.4. The molecule has 0 radical (unpaired) electrons. The highest BCUT2D eigenvalue weighted by Gasteiger charge is 2.32. The van der Waals surface area contributed by atoms with Crippen LogP contribution in [0.4, 0.5) is 5.69 Å². The van der Waals surface area contributed by atoms with Gasteiger partial charge in [-0.05, 0) is 23.8 Å². The first-order valence-electron chi connectivity index (χ1n) is 8.71. The molecule has 5 nitrogen and oxygen atoms in total. The van der Waals surface area contributed by atoms with Crippen LogP contribution in [0.1, 0.15) is 41.8 Å². The molecule has 1 aliphatic rings. The van der Waals surface area contributed by atoms with E-state index in [9.17, 15) is 4.79 Å². The highest BCUT2D eigenvalue weighted by atomic mass is 35.5. The van der Waals surface area contributed by atoms with E-state index in [1.807, 2.05) is 43.3 Å². The second kappa shape index (κ2) is 6.57. The molecular weight excluding hydrogens is 348 g/mol. The van der Waals surface area contributed by atoms with E-state index in [1.54, 1.807) is 15.6 Å². The minimum absolute atomic E-state index is 0.178. The lowest BCUT2D eigenvalue weighted by atomic mass is 10.0. The molecule has 132 valence electrons. The number of hydrogen-bond donors (Lipinski definition) is 0. The van der Waals surface area contributed by atoms with Gasteiger partial charge < -0.3 is 4.90 Å². The molecule has 1 aliphatic heterocycles. The largest absolute Gasteiger partial charge is 0.305 e. The van der Waals surface area contributed by atoms with E-state index in [2.05, 4.69) is 23.1 Å². The molecule has 3 aromatic rings. The van der Waals surface area contributed by atoms with E-state index in [1.165, 1.54) is 5.56 Å². The Morgan fingerprint density at radius 1 is 1.15 bits per heavy atom. The van der Waals surface area contributed by atoms with E-state index in [0.717, 1.165) is 11.4 Å². The number of halogens is 1. The molecule has 0 saturated heterocycles. The Morgan fingerprint density at radius 2 is 1.85 bits per heavy atom. The SMILES string of the molecule is CCc1nc(C(=O)N2CC(C)c3ccccc32)nn1-c1ccccc1Cl. The van der Waals surface area contributed by atoms with Crippen molar-refractivity contribution in [1.29, 1.82) is 0 Å². The van der Waals surface area contributed by atoms with Crippen LogP contribution in [-0.2, 0) is 6.42 Å². The summed E-state index contributed by atoms with van der Waals surface area (Å²) >= 11 is 6.31. The molecule has 0 N–H and O–H groups in total. The van der Waals surface area contributed by atoms with Crippen LogP contribution in [0, 0.1) is 0 Å². The number of para-hydroxylation sites is 2. The Hall–Kier alpha value is -2.66. The van der Waals surface area contributed by atoms with Crippen LogP contribution in [0.25, 0.3) is 5.69 Å². The molecule has 0 saturated carbocycles. The Bertz CT molecular complexity index is 981. The van der Waals surface area contributed by atoms with E-state index in [0.29, 0.717) is 29.7 Å². The Morgan fingerprint density at radius 3 is 2.58 bits per heavy atom. The predicted octanol–water partition coefficient (Wildman–Crippen LogP) is 4.25. The van der Waals surface area contributed by atoms with Gasteiger partial charge in [0.2, 0.25) is 5.82 Å². The summed E-state index contributed by atoms with van der Waals surface area (Å²) < 4.78 is 1.67. The first-order chi connectivity index (χ1) is 12.6. The van der Waals surface area contributed by atoms with Crippen LogP contribution in [0.5, 0.6) is 0 Å². The molecule has 1 unspecified atom stereocenters. The van der Waals surface area contributed by atoms with Crippen molar-refractivity contribution in [3.63, 3.8) is 0 Å². The molecule has 1 aromatic heterocycles. The lowest BCUT2D eigenvalue weighted by Gasteiger charge is -2.15. The average Bonchev–Trinajstić information content (AvgIpc) is 3.23. The topological polar surface area (TPSA) is 51.0 Å². The number of fused-ring (bicyclic) bond motifs is 1. The van der Waals surface area contributed by atoms with Crippen LogP contribution >= 0.6 is 11.6 Å². The fraction of sp³-hybridized carbons (Fsp3) is 0.250. The van der Waals surface area contributed by atoms with Gasteiger partial charge in [0, 0.05) is 24.6 Å². The number of nitrogens with zero attached hydrogens (tertiary/aromatic N) is 4. The first kappa shape index (κ1) is 16.8. The molecule has 0 fully saturated rings. The van der Waals surface area contributed by atoms with Crippen LogP contribution in [0.15, 0.2) is 48.5 Å². The molecule has 0 spiro atoms. The highest BCUT2D eigenvalue weighted by molar-refractivity contribution is 6.32. The number of rotatable bonds is 3. The van der Waals surface area contributed by atoms with Crippen molar-refractivity contribution in [2.45, 2.75) is 26.2 Å². The van der Waals surface area contributed by atoms with Gasteiger partial charge in [-0.15, -0.1) is 5.10 Å². The lowest BCUT2D eigenvalue weighted by Crippen LogP contribution is -2.30. The maximum absolute atomic E-state index is 13.1. The summed E-state index contributed by atoms with van der Waals surface area (Å²) in [5.74, 6) is 1.03. The standard InChI is InChI=1S/C20H19ClN4O/c1-3-18-22-19(23-25(18)17-11-7-5-9-15(17)21)20(26)24-12-13(2)14-8-4-6-10-16(14)24/h4-11,13H,3,12H2,1-2H3. The van der Waals surface area contributed by atoms with Gasteiger partial charge in [0.05, 0.1) is 10.7 Å². The summed E-state index contributed by atoms with van der Waals surface area (Å²) in [4.78, 5) is 19.4. The summed E-state index contributed by atoms with van der Waals surface area (Å²) in [6.45, 7) is 4.75. The molecule has 0 aliphatic carbocycles. The van der Waals surface area contributed by atoms with Crippen molar-refractivity contribution in [2.24, 2.45) is 0 Å². The number of carbonyl (C=O) groups excluding carboxylic acids is 1. The predicted molar refractivity (Wildman–Crippen MR) is 102 cm³/mol. The average molecular weight is 367 g/mol. The summed E-state index contributed by atoms with van der Waals surface area (Å²) in [6.07, 6.45) is 0.651. The van der Waals surface area contributed by atoms with E-state index in [4.69, 9.17) is 11.6 Å². The van der Waals surface area contributed by atoms with Gasteiger partial charge in [0.1, 0.15) is 5.82 Å². The number of aryl methyl sites for hydroxylation is 1. The molecule has 2 aromatic carbocycles. The fourth-order valence-corrected chi connectivity index (χ4v) is 3.63. The molecule has 6 heteroatoms. The molecule has 2 heterocycles. The molecule has 1 amide bonds. The zero-order valence-electron chi connectivity index (χ0n) is 14.7. The minimum atomic E-state index is -0.178. The summed E-state index contributed by atoms with van der Waals surface area (Å²) in [5.41, 5.74) is 2.85. The second-order valence-electron chi connectivity index (χ2n) is 6.44. The van der Waals surface area contributed by atoms with Crippen molar-refractivity contribution >= 4 is 23.2 Å². The Labute approximate surface area is 157 Å². The van der Waals surface area contributed by atoms with E-state index in [-0.39, 0.29) is 11.7 Å². The Balaban J connectivity index is 1.74. The summed E-state index contributed by atoms with van der Waals surface area (Å²) in [7, 11) is 0. The van der Waals surface area contributed by atoms with E-state index < -0.39 is 0 Å². The maximum Gasteiger partial charge on any atom is 0.297 e. The number of amides is 1. The third-order valence-electron chi connectivity index (χ3n) is 4.72. The molecule has 1 atom stereocenters. The third-order valence-corrected chi connectivity index (χ3v) is 5.04. The van der Waals surface area contributed by atoms with Gasteiger partial charge in [0.25, 0.3) is 5.91 Å². The number of aromatic nitrogens is 3.